The number of aryl methyl sites for hydroxylation is 1. The number of fused-ring (bicyclic) bond motifs is 1. The van der Waals surface area contributed by atoms with E-state index in [-0.39, 0.29) is 11.7 Å². The highest BCUT2D eigenvalue weighted by atomic mass is 35.5. The third kappa shape index (κ3) is 5.68. The fourth-order valence-corrected chi connectivity index (χ4v) is 3.92. The Morgan fingerprint density at radius 1 is 1.09 bits per heavy atom. The van der Waals surface area contributed by atoms with Gasteiger partial charge in [-0.15, -0.1) is 0 Å². The van der Waals surface area contributed by atoms with Crippen molar-refractivity contribution in [3.63, 3.8) is 0 Å². The summed E-state index contributed by atoms with van der Waals surface area (Å²) < 4.78 is 7.46. The van der Waals surface area contributed by atoms with Crippen LogP contribution in [0.25, 0.3) is 11.8 Å². The minimum atomic E-state index is -0.356. The number of rotatable bonds is 8. The quantitative estimate of drug-likeness (QED) is 0.530. The number of aliphatic hydroxyl groups excluding tert-OH is 1. The number of nitrogens with zero attached hydrogens (tertiary/aromatic N) is 1. The van der Waals surface area contributed by atoms with Crippen molar-refractivity contribution in [1.29, 1.82) is 0 Å². The Morgan fingerprint density at radius 3 is 2.62 bits per heavy atom. The van der Waals surface area contributed by atoms with E-state index >= 15 is 0 Å². The van der Waals surface area contributed by atoms with Gasteiger partial charge in [-0.05, 0) is 66.3 Å². The normalized spacial score (nSPS) is 13.9. The van der Waals surface area contributed by atoms with Crippen LogP contribution < -0.4 is 15.6 Å². The summed E-state index contributed by atoms with van der Waals surface area (Å²) in [5.74, 6) is 0.548. The standard InChI is InChI=1S/C26H27ClN2O3/c1-18(30)15-28-16-20-2-5-22-13-24(9-6-21(22)12-20)29-11-10-25(14-26(29)31)32-17-19-3-7-23(27)8-4-19/h2-5,7-8,10-14,18,28,30H,6,9,15-17H2,1H3/t18-/m0/s1. The molecule has 6 heteroatoms. The molecule has 4 rings (SSSR count). The molecule has 0 saturated heterocycles. The first kappa shape index (κ1) is 22.3. The fraction of sp³-hybridized carbons (Fsp3) is 0.269. The zero-order chi connectivity index (χ0) is 22.5. The SMILES string of the molecule is C[C@H](O)CNCc1ccc2c(c1)CCC(n1ccc(OCc3ccc(Cl)cc3)cc1=O)=C2. The molecule has 0 saturated carbocycles. The van der Waals surface area contributed by atoms with Crippen molar-refractivity contribution in [3.05, 3.63) is 98.4 Å². The smallest absolute Gasteiger partial charge is 0.258 e. The second-order valence-corrected chi connectivity index (χ2v) is 8.57. The van der Waals surface area contributed by atoms with Gasteiger partial charge < -0.3 is 15.2 Å². The molecule has 5 nitrogen and oxygen atoms in total. The lowest BCUT2D eigenvalue weighted by Crippen LogP contribution is -2.24. The summed E-state index contributed by atoms with van der Waals surface area (Å²) in [6.07, 6.45) is 5.19. The zero-order valence-electron chi connectivity index (χ0n) is 18.1. The third-order valence-corrected chi connectivity index (χ3v) is 5.72. The predicted octanol–water partition coefficient (Wildman–Crippen LogP) is 4.50. The second-order valence-electron chi connectivity index (χ2n) is 8.13. The number of allylic oxidation sites excluding steroid dienone is 1. The predicted molar refractivity (Wildman–Crippen MR) is 129 cm³/mol. The molecular formula is C26H27ClN2O3. The molecule has 0 amide bonds. The molecule has 0 fully saturated rings. The molecule has 0 bridgehead atoms. The van der Waals surface area contributed by atoms with Gasteiger partial charge in [-0.25, -0.2) is 0 Å². The van der Waals surface area contributed by atoms with Gasteiger partial charge in [-0.2, -0.15) is 0 Å². The molecular weight excluding hydrogens is 424 g/mol. The number of aromatic nitrogens is 1. The number of hydrogen-bond acceptors (Lipinski definition) is 4. The summed E-state index contributed by atoms with van der Waals surface area (Å²) in [7, 11) is 0. The van der Waals surface area contributed by atoms with E-state index in [1.807, 2.05) is 30.3 Å². The van der Waals surface area contributed by atoms with Crippen molar-refractivity contribution in [2.45, 2.75) is 39.0 Å². The van der Waals surface area contributed by atoms with Gasteiger partial charge in [0.2, 0.25) is 0 Å². The van der Waals surface area contributed by atoms with E-state index in [2.05, 4.69) is 29.6 Å². The van der Waals surface area contributed by atoms with Gasteiger partial charge in [0.1, 0.15) is 12.4 Å². The van der Waals surface area contributed by atoms with E-state index in [0.717, 1.165) is 36.2 Å². The molecule has 166 valence electrons. The lowest BCUT2D eigenvalue weighted by Gasteiger charge is -2.19. The summed E-state index contributed by atoms with van der Waals surface area (Å²) in [5.41, 5.74) is 5.48. The number of hydrogen-bond donors (Lipinski definition) is 2. The van der Waals surface area contributed by atoms with Gasteiger partial charge >= 0.3 is 0 Å². The number of nitrogens with one attached hydrogen (secondary N) is 1. The van der Waals surface area contributed by atoms with E-state index in [1.54, 1.807) is 17.7 Å². The van der Waals surface area contributed by atoms with Crippen molar-refractivity contribution < 1.29 is 9.84 Å². The Kier molecular flexibility index (Phi) is 7.10. The monoisotopic (exact) mass is 450 g/mol. The highest BCUT2D eigenvalue weighted by molar-refractivity contribution is 6.30. The molecule has 1 atom stereocenters. The van der Waals surface area contributed by atoms with Crippen molar-refractivity contribution in [2.24, 2.45) is 0 Å². The maximum absolute atomic E-state index is 12.7. The van der Waals surface area contributed by atoms with Crippen LogP contribution in [0.15, 0.2) is 65.6 Å². The molecule has 2 N–H and O–H groups in total. The average molecular weight is 451 g/mol. The minimum absolute atomic E-state index is 0.104. The number of halogens is 1. The van der Waals surface area contributed by atoms with E-state index in [1.165, 1.54) is 17.2 Å². The van der Waals surface area contributed by atoms with Crippen LogP contribution in [-0.4, -0.2) is 22.3 Å². The summed E-state index contributed by atoms with van der Waals surface area (Å²) in [4.78, 5) is 12.7. The first-order valence-corrected chi connectivity index (χ1v) is 11.2. The molecule has 0 spiro atoms. The first-order chi connectivity index (χ1) is 15.5. The number of benzene rings is 2. The Bertz CT molecular complexity index is 1170. The highest BCUT2D eigenvalue weighted by Crippen LogP contribution is 2.27. The number of pyridine rings is 1. The molecule has 3 aromatic rings. The molecule has 1 aliphatic carbocycles. The lowest BCUT2D eigenvalue weighted by atomic mass is 9.93. The Morgan fingerprint density at radius 2 is 1.88 bits per heavy atom. The van der Waals surface area contributed by atoms with Crippen LogP contribution in [-0.2, 0) is 19.6 Å². The van der Waals surface area contributed by atoms with E-state index in [9.17, 15) is 9.90 Å². The van der Waals surface area contributed by atoms with Crippen molar-refractivity contribution in [2.75, 3.05) is 6.54 Å². The molecule has 0 radical (unpaired) electrons. The lowest BCUT2D eigenvalue weighted by molar-refractivity contribution is 0.191. The molecule has 0 aliphatic heterocycles. The van der Waals surface area contributed by atoms with Gasteiger partial charge in [0, 0.05) is 36.1 Å². The van der Waals surface area contributed by atoms with Crippen LogP contribution in [0.5, 0.6) is 5.75 Å². The Labute approximate surface area is 192 Å². The summed E-state index contributed by atoms with van der Waals surface area (Å²) in [5, 5.41) is 13.3. The van der Waals surface area contributed by atoms with Crippen molar-refractivity contribution in [3.8, 4) is 5.75 Å². The van der Waals surface area contributed by atoms with Crippen LogP contribution in [0, 0.1) is 0 Å². The maximum atomic E-state index is 12.7. The molecule has 1 aromatic heterocycles. The van der Waals surface area contributed by atoms with Crippen LogP contribution in [0.3, 0.4) is 0 Å². The van der Waals surface area contributed by atoms with Crippen molar-refractivity contribution in [1.82, 2.24) is 9.88 Å². The summed E-state index contributed by atoms with van der Waals surface area (Å²) >= 11 is 5.91. The summed E-state index contributed by atoms with van der Waals surface area (Å²) in [6.45, 7) is 3.45. The van der Waals surface area contributed by atoms with Gasteiger partial charge in [-0.1, -0.05) is 41.9 Å². The minimum Gasteiger partial charge on any atom is -0.489 e. The molecule has 0 unspecified atom stereocenters. The zero-order valence-corrected chi connectivity index (χ0v) is 18.8. The van der Waals surface area contributed by atoms with Crippen LogP contribution >= 0.6 is 11.6 Å². The first-order valence-electron chi connectivity index (χ1n) is 10.8. The summed E-state index contributed by atoms with van der Waals surface area (Å²) in [6, 6.07) is 17.2. The average Bonchev–Trinajstić information content (AvgIpc) is 2.78. The van der Waals surface area contributed by atoms with Crippen LogP contribution in [0.2, 0.25) is 5.02 Å². The molecule has 32 heavy (non-hydrogen) atoms. The van der Waals surface area contributed by atoms with Gasteiger partial charge in [0.25, 0.3) is 5.56 Å². The van der Waals surface area contributed by atoms with Gasteiger partial charge in [0.05, 0.1) is 6.10 Å². The Hall–Kier alpha value is -2.86. The van der Waals surface area contributed by atoms with Gasteiger partial charge in [-0.3, -0.25) is 9.36 Å². The second kappa shape index (κ2) is 10.2. The highest BCUT2D eigenvalue weighted by Gasteiger charge is 2.14. The topological polar surface area (TPSA) is 63.5 Å². The fourth-order valence-electron chi connectivity index (χ4n) is 3.79. The van der Waals surface area contributed by atoms with Gasteiger partial charge in [0.15, 0.2) is 0 Å². The molecule has 2 aromatic carbocycles. The van der Waals surface area contributed by atoms with E-state index in [0.29, 0.717) is 23.9 Å². The van der Waals surface area contributed by atoms with Crippen molar-refractivity contribution >= 4 is 23.4 Å². The largest absolute Gasteiger partial charge is 0.489 e. The van der Waals surface area contributed by atoms with E-state index in [4.69, 9.17) is 16.3 Å². The van der Waals surface area contributed by atoms with Crippen LogP contribution in [0.1, 0.15) is 35.6 Å². The molecule has 1 aliphatic rings. The van der Waals surface area contributed by atoms with Crippen LogP contribution in [0.4, 0.5) is 0 Å². The third-order valence-electron chi connectivity index (χ3n) is 5.47. The number of ether oxygens (including phenoxy) is 1. The van der Waals surface area contributed by atoms with E-state index < -0.39 is 0 Å². The molecule has 1 heterocycles. The Balaban J connectivity index is 1.44. The maximum Gasteiger partial charge on any atom is 0.258 e. The number of aliphatic hydroxyl groups is 1.